The van der Waals surface area contributed by atoms with Gasteiger partial charge < -0.3 is 4.74 Å². The second-order valence-electron chi connectivity index (χ2n) is 3.60. The van der Waals surface area contributed by atoms with Crippen LogP contribution in [0.15, 0.2) is 18.2 Å². The zero-order chi connectivity index (χ0) is 10.7. The minimum Gasteiger partial charge on any atom is -0.379 e. The summed E-state index contributed by atoms with van der Waals surface area (Å²) in [5.74, 6) is -0.300. The number of morpholine rings is 1. The average molecular weight is 230 g/mol. The molecule has 82 valence electrons. The molecule has 1 fully saturated rings. The van der Waals surface area contributed by atoms with E-state index in [4.69, 9.17) is 16.3 Å². The molecule has 0 spiro atoms. The maximum Gasteiger partial charge on any atom is 0.146 e. The third kappa shape index (κ3) is 2.68. The van der Waals surface area contributed by atoms with Gasteiger partial charge in [0.05, 0.1) is 18.2 Å². The van der Waals surface area contributed by atoms with Gasteiger partial charge >= 0.3 is 0 Å². The molecule has 1 saturated heterocycles. The van der Waals surface area contributed by atoms with Gasteiger partial charge in [-0.15, -0.1) is 0 Å². The highest BCUT2D eigenvalue weighted by Gasteiger charge is 2.13. The zero-order valence-corrected chi connectivity index (χ0v) is 9.13. The molecule has 1 aromatic carbocycles. The SMILES string of the molecule is Fc1c(Cl)cccc1CN1CCOCC1. The first-order valence-corrected chi connectivity index (χ1v) is 5.38. The molecule has 0 amide bonds. The molecule has 1 aliphatic rings. The lowest BCUT2D eigenvalue weighted by molar-refractivity contribution is 0.0337. The summed E-state index contributed by atoms with van der Waals surface area (Å²) >= 11 is 5.71. The first-order chi connectivity index (χ1) is 7.27. The lowest BCUT2D eigenvalue weighted by atomic mass is 10.2. The minimum absolute atomic E-state index is 0.195. The number of benzene rings is 1. The summed E-state index contributed by atoms with van der Waals surface area (Å²) in [4.78, 5) is 2.16. The second-order valence-corrected chi connectivity index (χ2v) is 4.01. The fourth-order valence-electron chi connectivity index (χ4n) is 1.67. The Balaban J connectivity index is 2.06. The maximum absolute atomic E-state index is 13.6. The van der Waals surface area contributed by atoms with Crippen LogP contribution >= 0.6 is 11.6 Å². The Kier molecular flexibility index (Phi) is 3.57. The standard InChI is InChI=1S/C11H13ClFNO/c12-10-3-1-2-9(11(10)13)8-14-4-6-15-7-5-14/h1-3H,4-8H2. The first-order valence-electron chi connectivity index (χ1n) is 5.00. The molecule has 2 nitrogen and oxygen atoms in total. The van der Waals surface area contributed by atoms with Crippen molar-refractivity contribution in [3.63, 3.8) is 0 Å². The van der Waals surface area contributed by atoms with Gasteiger partial charge in [0.2, 0.25) is 0 Å². The molecule has 0 N–H and O–H groups in total. The molecule has 1 heterocycles. The van der Waals surface area contributed by atoms with Crippen molar-refractivity contribution in [2.45, 2.75) is 6.54 Å². The van der Waals surface area contributed by atoms with E-state index in [0.29, 0.717) is 12.1 Å². The van der Waals surface area contributed by atoms with Gasteiger partial charge in [-0.05, 0) is 6.07 Å². The van der Waals surface area contributed by atoms with E-state index in [9.17, 15) is 4.39 Å². The van der Waals surface area contributed by atoms with Crippen LogP contribution in [-0.4, -0.2) is 31.2 Å². The Morgan fingerprint density at radius 3 is 2.80 bits per heavy atom. The molecule has 1 aliphatic heterocycles. The average Bonchev–Trinajstić information content (AvgIpc) is 2.26. The third-order valence-electron chi connectivity index (χ3n) is 2.53. The normalized spacial score (nSPS) is 18.0. The van der Waals surface area contributed by atoms with E-state index in [1.807, 2.05) is 0 Å². The molecular formula is C11H13ClFNO. The summed E-state index contributed by atoms with van der Waals surface area (Å²) in [5.41, 5.74) is 0.657. The molecule has 0 atom stereocenters. The van der Waals surface area contributed by atoms with Gasteiger partial charge in [-0.1, -0.05) is 23.7 Å². The van der Waals surface area contributed by atoms with E-state index in [1.165, 1.54) is 0 Å². The molecule has 1 aromatic rings. The Morgan fingerprint density at radius 1 is 1.33 bits per heavy atom. The lowest BCUT2D eigenvalue weighted by Crippen LogP contribution is -2.35. The second kappa shape index (κ2) is 4.92. The molecule has 2 rings (SSSR count). The van der Waals surface area contributed by atoms with Crippen molar-refractivity contribution >= 4 is 11.6 Å². The molecule has 4 heteroatoms. The quantitative estimate of drug-likeness (QED) is 0.772. The van der Waals surface area contributed by atoms with Crippen LogP contribution in [0, 0.1) is 5.82 Å². The number of nitrogens with zero attached hydrogens (tertiary/aromatic N) is 1. The van der Waals surface area contributed by atoms with Crippen LogP contribution in [0.3, 0.4) is 0 Å². The molecule has 0 unspecified atom stereocenters. The predicted octanol–water partition coefficient (Wildman–Crippen LogP) is 2.31. The Hall–Kier alpha value is -0.640. The van der Waals surface area contributed by atoms with Crippen molar-refractivity contribution in [3.05, 3.63) is 34.6 Å². The highest BCUT2D eigenvalue weighted by Crippen LogP contribution is 2.19. The van der Waals surface area contributed by atoms with E-state index in [0.717, 1.165) is 26.3 Å². The molecule has 15 heavy (non-hydrogen) atoms. The molecule has 0 aliphatic carbocycles. The Morgan fingerprint density at radius 2 is 2.07 bits per heavy atom. The fourth-order valence-corrected chi connectivity index (χ4v) is 1.86. The van der Waals surface area contributed by atoms with E-state index < -0.39 is 0 Å². The topological polar surface area (TPSA) is 12.5 Å². The van der Waals surface area contributed by atoms with Crippen LogP contribution < -0.4 is 0 Å². The van der Waals surface area contributed by atoms with Crippen LogP contribution in [0.4, 0.5) is 4.39 Å². The molecule has 0 aromatic heterocycles. The smallest absolute Gasteiger partial charge is 0.146 e. The largest absolute Gasteiger partial charge is 0.379 e. The van der Waals surface area contributed by atoms with Crippen LogP contribution in [-0.2, 0) is 11.3 Å². The van der Waals surface area contributed by atoms with Gasteiger partial charge in [0.25, 0.3) is 0 Å². The van der Waals surface area contributed by atoms with Crippen LogP contribution in [0.2, 0.25) is 5.02 Å². The number of halogens is 2. The van der Waals surface area contributed by atoms with Crippen molar-refractivity contribution in [3.8, 4) is 0 Å². The van der Waals surface area contributed by atoms with E-state index >= 15 is 0 Å². The summed E-state index contributed by atoms with van der Waals surface area (Å²) in [7, 11) is 0. The summed E-state index contributed by atoms with van der Waals surface area (Å²) in [5, 5.41) is 0.195. The number of ether oxygens (including phenoxy) is 1. The lowest BCUT2D eigenvalue weighted by Gasteiger charge is -2.26. The monoisotopic (exact) mass is 229 g/mol. The highest BCUT2D eigenvalue weighted by atomic mass is 35.5. The molecular weight excluding hydrogens is 217 g/mol. The number of hydrogen-bond acceptors (Lipinski definition) is 2. The van der Waals surface area contributed by atoms with Crippen molar-refractivity contribution in [2.24, 2.45) is 0 Å². The number of rotatable bonds is 2. The van der Waals surface area contributed by atoms with Gasteiger partial charge in [0.15, 0.2) is 0 Å². The van der Waals surface area contributed by atoms with Crippen LogP contribution in [0.1, 0.15) is 5.56 Å². The van der Waals surface area contributed by atoms with Crippen molar-refractivity contribution in [2.75, 3.05) is 26.3 Å². The summed E-state index contributed by atoms with van der Waals surface area (Å²) < 4.78 is 18.8. The summed E-state index contributed by atoms with van der Waals surface area (Å²) in [6, 6.07) is 5.12. The fraction of sp³-hybridized carbons (Fsp3) is 0.455. The highest BCUT2D eigenvalue weighted by molar-refractivity contribution is 6.30. The Bertz CT molecular complexity index is 339. The van der Waals surface area contributed by atoms with Gasteiger partial charge in [-0.25, -0.2) is 4.39 Å². The summed E-state index contributed by atoms with van der Waals surface area (Å²) in [6.45, 7) is 3.76. The van der Waals surface area contributed by atoms with Gasteiger partial charge in [0, 0.05) is 25.2 Å². The van der Waals surface area contributed by atoms with Gasteiger partial charge in [-0.3, -0.25) is 4.90 Å². The van der Waals surface area contributed by atoms with Gasteiger partial charge in [-0.2, -0.15) is 0 Å². The predicted molar refractivity (Wildman–Crippen MR) is 57.5 cm³/mol. The third-order valence-corrected chi connectivity index (χ3v) is 2.82. The maximum atomic E-state index is 13.6. The van der Waals surface area contributed by atoms with Gasteiger partial charge in [0.1, 0.15) is 5.82 Å². The van der Waals surface area contributed by atoms with E-state index in [-0.39, 0.29) is 10.8 Å². The molecule has 0 bridgehead atoms. The van der Waals surface area contributed by atoms with Crippen molar-refractivity contribution < 1.29 is 9.13 Å². The van der Waals surface area contributed by atoms with Crippen LogP contribution in [0.5, 0.6) is 0 Å². The molecule has 0 radical (unpaired) electrons. The van der Waals surface area contributed by atoms with Crippen molar-refractivity contribution in [1.29, 1.82) is 0 Å². The van der Waals surface area contributed by atoms with Crippen LogP contribution in [0.25, 0.3) is 0 Å². The zero-order valence-electron chi connectivity index (χ0n) is 8.38. The summed E-state index contributed by atoms with van der Waals surface area (Å²) in [6.07, 6.45) is 0. The number of hydrogen-bond donors (Lipinski definition) is 0. The molecule has 0 saturated carbocycles. The minimum atomic E-state index is -0.300. The Labute approximate surface area is 93.6 Å². The van der Waals surface area contributed by atoms with Crippen molar-refractivity contribution in [1.82, 2.24) is 4.90 Å². The van der Waals surface area contributed by atoms with E-state index in [1.54, 1.807) is 18.2 Å². The van der Waals surface area contributed by atoms with E-state index in [2.05, 4.69) is 4.90 Å². The first kappa shape index (κ1) is 10.9.